The third kappa shape index (κ3) is 2.81. The molecule has 1 aromatic carbocycles. The van der Waals surface area contributed by atoms with E-state index in [0.717, 1.165) is 5.56 Å². The third-order valence-electron chi connectivity index (χ3n) is 2.67. The molecule has 0 saturated carbocycles. The fourth-order valence-electron chi connectivity index (χ4n) is 1.63. The van der Waals surface area contributed by atoms with Crippen LogP contribution in [0.1, 0.15) is 5.56 Å². The lowest BCUT2D eigenvalue weighted by molar-refractivity contribution is -0.384. The van der Waals surface area contributed by atoms with Gasteiger partial charge in [-0.15, -0.1) is 0 Å². The van der Waals surface area contributed by atoms with Crippen molar-refractivity contribution < 1.29 is 9.31 Å². The van der Waals surface area contributed by atoms with Crippen molar-refractivity contribution >= 4 is 23.0 Å². The van der Waals surface area contributed by atoms with Crippen LogP contribution in [0.3, 0.4) is 0 Å². The van der Waals surface area contributed by atoms with Crippen LogP contribution < -0.4 is 16.6 Å². The number of nitrogens with one attached hydrogen (secondary N) is 2. The molecule has 0 saturated heterocycles. The summed E-state index contributed by atoms with van der Waals surface area (Å²) >= 11 is 0. The van der Waals surface area contributed by atoms with Crippen molar-refractivity contribution in [3.63, 3.8) is 0 Å². The molecule has 0 aliphatic heterocycles. The first-order valence-electron chi connectivity index (χ1n) is 5.66. The Kier molecular flexibility index (Phi) is 3.76. The predicted molar refractivity (Wildman–Crippen MR) is 73.1 cm³/mol. The molecule has 0 aliphatic carbocycles. The van der Waals surface area contributed by atoms with Gasteiger partial charge in [0.2, 0.25) is 5.82 Å². The van der Waals surface area contributed by atoms with Gasteiger partial charge < -0.3 is 10.7 Å². The second-order valence-electron chi connectivity index (χ2n) is 4.05. The number of nitrogens with two attached hydrogens (primary N) is 1. The number of halogens is 1. The molecule has 0 aliphatic rings. The number of nitro groups is 1. The first kappa shape index (κ1) is 13.7. The standard InChI is InChI=1S/C12H12FN5O2/c1-7-2-3-8(13)6-9(7)15-12-10(18(19)20)4-5-11(16-12)17-14/h2-6H,14H2,1H3,(H2,15,16,17). The number of hydrazine groups is 1. The molecule has 0 bridgehead atoms. The van der Waals surface area contributed by atoms with E-state index in [1.54, 1.807) is 13.0 Å². The number of rotatable bonds is 4. The van der Waals surface area contributed by atoms with Gasteiger partial charge in [0.1, 0.15) is 11.6 Å². The largest absolute Gasteiger partial charge is 0.334 e. The number of nitrogen functional groups attached to an aromatic ring is 1. The monoisotopic (exact) mass is 277 g/mol. The maximum atomic E-state index is 13.2. The van der Waals surface area contributed by atoms with E-state index in [4.69, 9.17) is 5.84 Å². The second-order valence-corrected chi connectivity index (χ2v) is 4.05. The van der Waals surface area contributed by atoms with Crippen LogP contribution >= 0.6 is 0 Å². The number of hydrogen-bond acceptors (Lipinski definition) is 6. The van der Waals surface area contributed by atoms with Gasteiger partial charge in [0.05, 0.1) is 4.92 Å². The summed E-state index contributed by atoms with van der Waals surface area (Å²) in [4.78, 5) is 14.4. The number of pyridine rings is 1. The molecule has 20 heavy (non-hydrogen) atoms. The molecule has 4 N–H and O–H groups in total. The Balaban J connectivity index is 2.45. The van der Waals surface area contributed by atoms with Gasteiger partial charge in [-0.3, -0.25) is 10.1 Å². The van der Waals surface area contributed by atoms with Crippen LogP contribution in [-0.2, 0) is 0 Å². The lowest BCUT2D eigenvalue weighted by Gasteiger charge is -2.10. The van der Waals surface area contributed by atoms with Crippen molar-refractivity contribution in [2.24, 2.45) is 5.84 Å². The van der Waals surface area contributed by atoms with Crippen LogP contribution in [0.5, 0.6) is 0 Å². The third-order valence-corrected chi connectivity index (χ3v) is 2.67. The van der Waals surface area contributed by atoms with Crippen LogP contribution in [-0.4, -0.2) is 9.91 Å². The van der Waals surface area contributed by atoms with E-state index in [9.17, 15) is 14.5 Å². The molecule has 0 fully saturated rings. The Morgan fingerprint density at radius 1 is 1.35 bits per heavy atom. The zero-order chi connectivity index (χ0) is 14.7. The Morgan fingerprint density at radius 3 is 2.75 bits per heavy atom. The average molecular weight is 277 g/mol. The second kappa shape index (κ2) is 5.49. The van der Waals surface area contributed by atoms with E-state index < -0.39 is 10.7 Å². The molecule has 8 heteroatoms. The summed E-state index contributed by atoms with van der Waals surface area (Å²) in [5.41, 5.74) is 3.20. The highest BCUT2D eigenvalue weighted by molar-refractivity contribution is 5.69. The summed E-state index contributed by atoms with van der Waals surface area (Å²) in [5, 5.41) is 13.7. The van der Waals surface area contributed by atoms with Crippen molar-refractivity contribution in [3.8, 4) is 0 Å². The van der Waals surface area contributed by atoms with Crippen LogP contribution in [0.15, 0.2) is 30.3 Å². The Bertz CT molecular complexity index is 662. The van der Waals surface area contributed by atoms with E-state index in [2.05, 4.69) is 15.7 Å². The topological polar surface area (TPSA) is 106 Å². The fourth-order valence-corrected chi connectivity index (χ4v) is 1.63. The lowest BCUT2D eigenvalue weighted by Crippen LogP contribution is -2.10. The Hall–Kier alpha value is -2.74. The summed E-state index contributed by atoms with van der Waals surface area (Å²) in [7, 11) is 0. The molecule has 0 atom stereocenters. The van der Waals surface area contributed by atoms with E-state index in [1.165, 1.54) is 24.3 Å². The highest BCUT2D eigenvalue weighted by Gasteiger charge is 2.17. The highest BCUT2D eigenvalue weighted by atomic mass is 19.1. The first-order valence-corrected chi connectivity index (χ1v) is 5.66. The normalized spacial score (nSPS) is 10.2. The lowest BCUT2D eigenvalue weighted by atomic mass is 10.2. The molecular formula is C12H12FN5O2. The van der Waals surface area contributed by atoms with Gasteiger partial charge >= 0.3 is 5.69 Å². The zero-order valence-electron chi connectivity index (χ0n) is 10.6. The molecule has 0 spiro atoms. The van der Waals surface area contributed by atoms with Crippen LogP contribution in [0, 0.1) is 22.9 Å². The minimum absolute atomic E-state index is 0.0147. The fraction of sp³-hybridized carbons (Fsp3) is 0.0833. The van der Waals surface area contributed by atoms with Crippen molar-refractivity contribution in [1.29, 1.82) is 0 Å². The minimum atomic E-state index is -0.579. The van der Waals surface area contributed by atoms with Gasteiger partial charge in [-0.2, -0.15) is 0 Å². The summed E-state index contributed by atoms with van der Waals surface area (Å²) in [6.07, 6.45) is 0. The summed E-state index contributed by atoms with van der Waals surface area (Å²) in [6, 6.07) is 6.75. The van der Waals surface area contributed by atoms with E-state index in [1.807, 2.05) is 0 Å². The molecular weight excluding hydrogens is 265 g/mol. The van der Waals surface area contributed by atoms with E-state index in [0.29, 0.717) is 5.69 Å². The number of aryl methyl sites for hydroxylation is 1. The molecule has 7 nitrogen and oxygen atoms in total. The smallest absolute Gasteiger partial charge is 0.311 e. The minimum Gasteiger partial charge on any atom is -0.334 e. The first-order chi connectivity index (χ1) is 9.51. The van der Waals surface area contributed by atoms with E-state index >= 15 is 0 Å². The van der Waals surface area contributed by atoms with Crippen LogP contribution in [0.2, 0.25) is 0 Å². The van der Waals surface area contributed by atoms with Gasteiger partial charge in [0.25, 0.3) is 0 Å². The maximum Gasteiger partial charge on any atom is 0.311 e. The predicted octanol–water partition coefficient (Wildman–Crippen LogP) is 2.47. The molecule has 0 unspecified atom stereocenters. The SMILES string of the molecule is Cc1ccc(F)cc1Nc1nc(NN)ccc1[N+](=O)[O-]. The highest BCUT2D eigenvalue weighted by Crippen LogP contribution is 2.28. The van der Waals surface area contributed by atoms with E-state index in [-0.39, 0.29) is 17.3 Å². The van der Waals surface area contributed by atoms with Gasteiger partial charge in [-0.05, 0) is 30.7 Å². The van der Waals surface area contributed by atoms with Crippen LogP contribution in [0.4, 0.5) is 27.4 Å². The number of aromatic nitrogens is 1. The number of nitrogens with zero attached hydrogens (tertiary/aromatic N) is 2. The summed E-state index contributed by atoms with van der Waals surface area (Å²) in [5.74, 6) is 5.01. The average Bonchev–Trinajstić information content (AvgIpc) is 2.42. The Labute approximate surface area is 113 Å². The number of anilines is 3. The van der Waals surface area contributed by atoms with Gasteiger partial charge in [0.15, 0.2) is 0 Å². The van der Waals surface area contributed by atoms with Crippen molar-refractivity contribution in [1.82, 2.24) is 4.98 Å². The number of hydrogen-bond donors (Lipinski definition) is 3. The van der Waals surface area contributed by atoms with Crippen LogP contribution in [0.25, 0.3) is 0 Å². The van der Waals surface area contributed by atoms with Gasteiger partial charge in [-0.1, -0.05) is 6.07 Å². The molecule has 2 rings (SSSR count). The molecule has 1 aromatic heterocycles. The summed E-state index contributed by atoms with van der Waals surface area (Å²) < 4.78 is 13.2. The molecule has 1 heterocycles. The van der Waals surface area contributed by atoms with Crippen molar-refractivity contribution in [2.45, 2.75) is 6.92 Å². The molecule has 2 aromatic rings. The maximum absolute atomic E-state index is 13.2. The summed E-state index contributed by atoms with van der Waals surface area (Å²) in [6.45, 7) is 1.75. The molecule has 104 valence electrons. The van der Waals surface area contributed by atoms with Crippen molar-refractivity contribution in [2.75, 3.05) is 10.7 Å². The Morgan fingerprint density at radius 2 is 2.10 bits per heavy atom. The number of benzene rings is 1. The van der Waals surface area contributed by atoms with Crippen molar-refractivity contribution in [3.05, 3.63) is 51.8 Å². The van der Waals surface area contributed by atoms with Gasteiger partial charge in [-0.25, -0.2) is 15.2 Å². The molecule has 0 radical (unpaired) electrons. The van der Waals surface area contributed by atoms with Gasteiger partial charge in [0, 0.05) is 11.8 Å². The zero-order valence-corrected chi connectivity index (χ0v) is 10.6. The quantitative estimate of drug-likeness (QED) is 0.450. The molecule has 0 amide bonds.